The van der Waals surface area contributed by atoms with Crippen LogP contribution in [0.4, 0.5) is 21.9 Å². The summed E-state index contributed by atoms with van der Waals surface area (Å²) in [4.78, 5) is 18.7. The first-order valence-corrected chi connectivity index (χ1v) is 8.68. The van der Waals surface area contributed by atoms with Gasteiger partial charge in [0, 0.05) is 57.3 Å². The summed E-state index contributed by atoms with van der Waals surface area (Å²) in [7, 11) is 4.08. The molecule has 0 radical (unpaired) electrons. The summed E-state index contributed by atoms with van der Waals surface area (Å²) in [5, 5.41) is 2.98. The predicted molar refractivity (Wildman–Crippen MR) is 105 cm³/mol. The highest BCUT2D eigenvalue weighted by atomic mass is 16.2. The second kappa shape index (κ2) is 7.47. The van der Waals surface area contributed by atoms with Crippen molar-refractivity contribution in [1.29, 1.82) is 0 Å². The van der Waals surface area contributed by atoms with Crippen LogP contribution in [0.3, 0.4) is 0 Å². The summed E-state index contributed by atoms with van der Waals surface area (Å²) in [6.45, 7) is 5.20. The van der Waals surface area contributed by atoms with Crippen LogP contribution in [0.5, 0.6) is 0 Å². The van der Waals surface area contributed by atoms with Gasteiger partial charge in [0.25, 0.3) is 0 Å². The maximum atomic E-state index is 12.4. The Morgan fingerprint density at radius 1 is 0.920 bits per heavy atom. The minimum absolute atomic E-state index is 0.0218. The molecule has 3 rings (SSSR count). The quantitative estimate of drug-likeness (QED) is 0.932. The van der Waals surface area contributed by atoms with E-state index in [1.165, 1.54) is 16.9 Å². The Hall–Kier alpha value is -2.69. The third kappa shape index (κ3) is 4.24. The van der Waals surface area contributed by atoms with Crippen molar-refractivity contribution in [1.82, 2.24) is 4.90 Å². The van der Waals surface area contributed by atoms with Crippen molar-refractivity contribution in [2.75, 3.05) is 55.4 Å². The number of nitrogens with one attached hydrogen (secondary N) is 1. The van der Waals surface area contributed by atoms with Crippen LogP contribution in [-0.4, -0.2) is 51.2 Å². The van der Waals surface area contributed by atoms with Crippen molar-refractivity contribution in [3.63, 3.8) is 0 Å². The second-order valence-corrected chi connectivity index (χ2v) is 6.68. The third-order valence-electron chi connectivity index (χ3n) is 4.60. The Labute approximate surface area is 149 Å². The first-order valence-electron chi connectivity index (χ1n) is 8.68. The molecule has 1 fully saturated rings. The lowest BCUT2D eigenvalue weighted by molar-refractivity contribution is 0.208. The van der Waals surface area contributed by atoms with E-state index in [-0.39, 0.29) is 6.03 Å². The molecule has 5 heteroatoms. The number of aryl methyl sites for hydroxylation is 1. The van der Waals surface area contributed by atoms with E-state index in [4.69, 9.17) is 0 Å². The average molecular weight is 338 g/mol. The van der Waals surface area contributed by atoms with Gasteiger partial charge in [0.1, 0.15) is 0 Å². The Morgan fingerprint density at radius 3 is 2.08 bits per heavy atom. The van der Waals surface area contributed by atoms with E-state index in [0.717, 1.165) is 31.9 Å². The second-order valence-electron chi connectivity index (χ2n) is 6.68. The number of amides is 2. The zero-order valence-electron chi connectivity index (χ0n) is 15.2. The molecule has 1 aliphatic heterocycles. The van der Waals surface area contributed by atoms with Crippen LogP contribution in [0.15, 0.2) is 48.5 Å². The first-order chi connectivity index (χ1) is 12.0. The van der Waals surface area contributed by atoms with Gasteiger partial charge < -0.3 is 20.0 Å². The van der Waals surface area contributed by atoms with Crippen molar-refractivity contribution in [3.8, 4) is 0 Å². The molecular weight excluding hydrogens is 312 g/mol. The zero-order valence-corrected chi connectivity index (χ0v) is 15.2. The van der Waals surface area contributed by atoms with Gasteiger partial charge in [-0.3, -0.25) is 0 Å². The zero-order chi connectivity index (χ0) is 17.8. The molecule has 0 aliphatic carbocycles. The Kier molecular flexibility index (Phi) is 5.12. The third-order valence-corrected chi connectivity index (χ3v) is 4.60. The highest BCUT2D eigenvalue weighted by Gasteiger charge is 2.21. The largest absolute Gasteiger partial charge is 0.378 e. The maximum absolute atomic E-state index is 12.4. The van der Waals surface area contributed by atoms with Crippen molar-refractivity contribution in [3.05, 3.63) is 54.1 Å². The molecule has 1 saturated heterocycles. The molecule has 132 valence electrons. The van der Waals surface area contributed by atoms with Crippen LogP contribution in [0.25, 0.3) is 0 Å². The van der Waals surface area contributed by atoms with E-state index >= 15 is 0 Å². The molecule has 0 spiro atoms. The summed E-state index contributed by atoms with van der Waals surface area (Å²) in [5.41, 5.74) is 4.44. The van der Waals surface area contributed by atoms with Gasteiger partial charge in [-0.15, -0.1) is 0 Å². The molecule has 0 saturated carbocycles. The number of carbonyl (C=O) groups is 1. The number of benzene rings is 2. The van der Waals surface area contributed by atoms with Gasteiger partial charge in [-0.1, -0.05) is 17.7 Å². The van der Waals surface area contributed by atoms with Crippen LogP contribution in [0, 0.1) is 6.92 Å². The van der Waals surface area contributed by atoms with Gasteiger partial charge in [-0.2, -0.15) is 0 Å². The molecule has 2 aromatic rings. The first kappa shape index (κ1) is 17.1. The SMILES string of the molecule is Cc1ccc(NC(=O)N2CCN(c3ccc(N(C)C)cc3)CC2)cc1. The molecule has 1 heterocycles. The van der Waals surface area contributed by atoms with Gasteiger partial charge in [0.05, 0.1) is 0 Å². The van der Waals surface area contributed by atoms with Crippen molar-refractivity contribution >= 4 is 23.1 Å². The fraction of sp³-hybridized carbons (Fsp3) is 0.350. The van der Waals surface area contributed by atoms with E-state index < -0.39 is 0 Å². The molecule has 2 amide bonds. The summed E-state index contributed by atoms with van der Waals surface area (Å²) in [5.74, 6) is 0. The summed E-state index contributed by atoms with van der Waals surface area (Å²) >= 11 is 0. The van der Waals surface area contributed by atoms with Crippen LogP contribution in [-0.2, 0) is 0 Å². The van der Waals surface area contributed by atoms with Gasteiger partial charge in [0.15, 0.2) is 0 Å². The Bertz CT molecular complexity index is 701. The van der Waals surface area contributed by atoms with E-state index in [1.807, 2.05) is 50.2 Å². The van der Waals surface area contributed by atoms with Gasteiger partial charge in [-0.05, 0) is 43.3 Å². The molecule has 25 heavy (non-hydrogen) atoms. The lowest BCUT2D eigenvalue weighted by Gasteiger charge is -2.36. The molecular formula is C20H26N4O. The van der Waals surface area contributed by atoms with Crippen LogP contribution < -0.4 is 15.1 Å². The molecule has 1 aliphatic rings. The van der Waals surface area contributed by atoms with E-state index in [0.29, 0.717) is 0 Å². The van der Waals surface area contributed by atoms with Crippen molar-refractivity contribution in [2.24, 2.45) is 0 Å². The van der Waals surface area contributed by atoms with E-state index in [1.54, 1.807) is 0 Å². The molecule has 0 atom stereocenters. The highest BCUT2D eigenvalue weighted by Crippen LogP contribution is 2.21. The normalized spacial score (nSPS) is 14.4. The smallest absolute Gasteiger partial charge is 0.321 e. The van der Waals surface area contributed by atoms with E-state index in [2.05, 4.69) is 39.4 Å². The molecule has 0 bridgehead atoms. The standard InChI is InChI=1S/C20H26N4O/c1-16-4-6-17(7-5-16)21-20(25)24-14-12-23(13-15-24)19-10-8-18(9-11-19)22(2)3/h4-11H,12-15H2,1-3H3,(H,21,25). The maximum Gasteiger partial charge on any atom is 0.321 e. The molecule has 2 aromatic carbocycles. The van der Waals surface area contributed by atoms with E-state index in [9.17, 15) is 4.79 Å². The summed E-state index contributed by atoms with van der Waals surface area (Å²) in [6, 6.07) is 16.4. The minimum Gasteiger partial charge on any atom is -0.378 e. The lowest BCUT2D eigenvalue weighted by Crippen LogP contribution is -2.50. The fourth-order valence-electron chi connectivity index (χ4n) is 2.97. The van der Waals surface area contributed by atoms with Crippen LogP contribution in [0.2, 0.25) is 0 Å². The summed E-state index contributed by atoms with van der Waals surface area (Å²) in [6.07, 6.45) is 0. The monoisotopic (exact) mass is 338 g/mol. The Balaban J connectivity index is 1.54. The van der Waals surface area contributed by atoms with Gasteiger partial charge >= 0.3 is 6.03 Å². The van der Waals surface area contributed by atoms with Gasteiger partial charge in [0.2, 0.25) is 0 Å². The number of rotatable bonds is 3. The Morgan fingerprint density at radius 2 is 1.52 bits per heavy atom. The molecule has 1 N–H and O–H groups in total. The number of urea groups is 1. The van der Waals surface area contributed by atoms with Crippen LogP contribution >= 0.6 is 0 Å². The topological polar surface area (TPSA) is 38.8 Å². The number of nitrogens with zero attached hydrogens (tertiary/aromatic N) is 3. The number of hydrogen-bond acceptors (Lipinski definition) is 3. The fourth-order valence-corrected chi connectivity index (χ4v) is 2.97. The van der Waals surface area contributed by atoms with Gasteiger partial charge in [-0.25, -0.2) is 4.79 Å². The molecule has 0 unspecified atom stereocenters. The molecule has 0 aromatic heterocycles. The minimum atomic E-state index is -0.0218. The van der Waals surface area contributed by atoms with Crippen LogP contribution in [0.1, 0.15) is 5.56 Å². The predicted octanol–water partition coefficient (Wildman–Crippen LogP) is 3.42. The lowest BCUT2D eigenvalue weighted by atomic mass is 10.2. The van der Waals surface area contributed by atoms with Crippen molar-refractivity contribution in [2.45, 2.75) is 6.92 Å². The number of piperazine rings is 1. The number of carbonyl (C=O) groups excluding carboxylic acids is 1. The number of hydrogen-bond donors (Lipinski definition) is 1. The highest BCUT2D eigenvalue weighted by molar-refractivity contribution is 5.89. The average Bonchev–Trinajstić information content (AvgIpc) is 2.64. The summed E-state index contributed by atoms with van der Waals surface area (Å²) < 4.78 is 0. The molecule has 5 nitrogen and oxygen atoms in total. The van der Waals surface area contributed by atoms with Crippen molar-refractivity contribution < 1.29 is 4.79 Å². The number of anilines is 3.